The molecule has 1 saturated carbocycles. The van der Waals surface area contributed by atoms with Gasteiger partial charge in [0, 0.05) is 25.0 Å². The quantitative estimate of drug-likeness (QED) is 0.890. The molecule has 1 aromatic carbocycles. The number of imidazole rings is 1. The summed E-state index contributed by atoms with van der Waals surface area (Å²) in [5.74, 6) is 0.790. The molecule has 7 heteroatoms. The number of benzene rings is 1. The monoisotopic (exact) mass is 321 g/mol. The Kier molecular flexibility index (Phi) is 4.27. The third-order valence-corrected chi connectivity index (χ3v) is 3.84. The van der Waals surface area contributed by atoms with E-state index in [2.05, 4.69) is 15.0 Å². The molecule has 1 aliphatic rings. The maximum Gasteiger partial charge on any atom is 0.387 e. The predicted molar refractivity (Wildman–Crippen MR) is 79.2 cm³/mol. The minimum Gasteiger partial charge on any atom is -0.435 e. The van der Waals surface area contributed by atoms with Gasteiger partial charge >= 0.3 is 6.61 Å². The molecule has 1 aromatic heterocycles. The van der Waals surface area contributed by atoms with E-state index in [0.717, 1.165) is 18.7 Å². The van der Waals surface area contributed by atoms with Crippen molar-refractivity contribution in [3.63, 3.8) is 0 Å². The Hall–Kier alpha value is -2.44. The van der Waals surface area contributed by atoms with Gasteiger partial charge in [-0.05, 0) is 37.0 Å². The van der Waals surface area contributed by atoms with E-state index in [1.807, 2.05) is 17.8 Å². The third kappa shape index (κ3) is 3.67. The fourth-order valence-electron chi connectivity index (χ4n) is 2.54. The van der Waals surface area contributed by atoms with Crippen molar-refractivity contribution in [1.82, 2.24) is 14.9 Å². The number of carbonyl (C=O) groups excluding carboxylic acids is 1. The molecule has 0 spiro atoms. The van der Waals surface area contributed by atoms with Gasteiger partial charge < -0.3 is 14.6 Å². The van der Waals surface area contributed by atoms with E-state index in [1.54, 1.807) is 12.3 Å². The first kappa shape index (κ1) is 15.5. The molecule has 3 rings (SSSR count). The number of ether oxygens (including phenoxy) is 1. The average molecular weight is 321 g/mol. The highest BCUT2D eigenvalue weighted by atomic mass is 19.3. The third-order valence-electron chi connectivity index (χ3n) is 3.84. The second-order valence-corrected chi connectivity index (χ2v) is 5.59. The molecule has 1 aliphatic carbocycles. The number of hydrogen-bond acceptors (Lipinski definition) is 3. The number of nitrogens with zero attached hydrogens (tertiary/aromatic N) is 2. The standard InChI is InChI=1S/C16H17F2N3O2/c1-21-8-7-19-14(21)13(10-5-6-10)20-15(22)11-3-2-4-12(9-11)23-16(17)18/h2-4,7-10,13,16H,5-6H2,1H3,(H,20,22). The molecular weight excluding hydrogens is 304 g/mol. The van der Waals surface area contributed by atoms with Crippen molar-refractivity contribution in [3.8, 4) is 5.75 Å². The zero-order valence-corrected chi connectivity index (χ0v) is 12.6. The number of nitrogens with one attached hydrogen (secondary N) is 1. The molecule has 1 amide bonds. The van der Waals surface area contributed by atoms with Crippen LogP contribution in [0.3, 0.4) is 0 Å². The minimum atomic E-state index is -2.92. The second-order valence-electron chi connectivity index (χ2n) is 5.59. The van der Waals surface area contributed by atoms with Crippen LogP contribution in [-0.2, 0) is 7.05 Å². The summed E-state index contributed by atoms with van der Waals surface area (Å²) in [6.07, 6.45) is 5.58. The molecule has 0 saturated heterocycles. The Balaban J connectivity index is 1.76. The van der Waals surface area contributed by atoms with Crippen molar-refractivity contribution in [3.05, 3.63) is 48.0 Å². The predicted octanol–water partition coefficient (Wildman–Crippen LogP) is 2.90. The van der Waals surface area contributed by atoms with E-state index in [0.29, 0.717) is 5.92 Å². The molecule has 1 N–H and O–H groups in total. The van der Waals surface area contributed by atoms with Crippen LogP contribution < -0.4 is 10.1 Å². The van der Waals surface area contributed by atoms with Crippen LogP contribution >= 0.6 is 0 Å². The molecule has 1 unspecified atom stereocenters. The van der Waals surface area contributed by atoms with Crippen LogP contribution in [0.1, 0.15) is 35.1 Å². The molecule has 1 heterocycles. The normalized spacial score (nSPS) is 15.5. The second kappa shape index (κ2) is 6.36. The molecule has 2 aromatic rings. The van der Waals surface area contributed by atoms with E-state index < -0.39 is 6.61 Å². The highest BCUT2D eigenvalue weighted by Gasteiger charge is 2.35. The molecule has 5 nitrogen and oxygen atoms in total. The van der Waals surface area contributed by atoms with E-state index in [4.69, 9.17) is 0 Å². The number of rotatable bonds is 6. The first-order valence-electron chi connectivity index (χ1n) is 7.37. The minimum absolute atomic E-state index is 0.0346. The number of alkyl halides is 2. The molecular formula is C16H17F2N3O2. The van der Waals surface area contributed by atoms with Crippen LogP contribution in [0.5, 0.6) is 5.75 Å². The van der Waals surface area contributed by atoms with Crippen molar-refractivity contribution in [1.29, 1.82) is 0 Å². The van der Waals surface area contributed by atoms with E-state index in [-0.39, 0.29) is 23.3 Å². The summed E-state index contributed by atoms with van der Waals surface area (Å²) >= 11 is 0. The Labute approximate surface area is 132 Å². The van der Waals surface area contributed by atoms with Gasteiger partial charge in [0.2, 0.25) is 0 Å². The smallest absolute Gasteiger partial charge is 0.387 e. The topological polar surface area (TPSA) is 56.2 Å². The first-order chi connectivity index (χ1) is 11.0. The van der Waals surface area contributed by atoms with Crippen molar-refractivity contribution in [2.24, 2.45) is 13.0 Å². The highest BCUT2D eigenvalue weighted by Crippen LogP contribution is 2.40. The number of carbonyl (C=O) groups is 1. The zero-order valence-electron chi connectivity index (χ0n) is 12.6. The zero-order chi connectivity index (χ0) is 16.4. The molecule has 0 radical (unpaired) electrons. The summed E-state index contributed by atoms with van der Waals surface area (Å²) in [5.41, 5.74) is 0.281. The maximum absolute atomic E-state index is 12.4. The van der Waals surface area contributed by atoms with Gasteiger partial charge in [0.1, 0.15) is 11.6 Å². The summed E-state index contributed by atoms with van der Waals surface area (Å²) < 4.78 is 30.8. The van der Waals surface area contributed by atoms with Gasteiger partial charge in [0.15, 0.2) is 0 Å². The van der Waals surface area contributed by atoms with Crippen molar-refractivity contribution >= 4 is 5.91 Å². The van der Waals surface area contributed by atoms with Gasteiger partial charge in [-0.1, -0.05) is 6.07 Å². The maximum atomic E-state index is 12.4. The summed E-state index contributed by atoms with van der Waals surface area (Å²) in [4.78, 5) is 16.7. The number of aromatic nitrogens is 2. The fraction of sp³-hybridized carbons (Fsp3) is 0.375. The largest absolute Gasteiger partial charge is 0.435 e. The van der Waals surface area contributed by atoms with Gasteiger partial charge in [-0.25, -0.2) is 4.98 Å². The summed E-state index contributed by atoms with van der Waals surface area (Å²) in [6, 6.07) is 5.60. The van der Waals surface area contributed by atoms with Crippen LogP contribution in [0.2, 0.25) is 0 Å². The van der Waals surface area contributed by atoms with Gasteiger partial charge in [-0.2, -0.15) is 8.78 Å². The van der Waals surface area contributed by atoms with E-state index in [9.17, 15) is 13.6 Å². The van der Waals surface area contributed by atoms with Gasteiger partial charge in [0.05, 0.1) is 6.04 Å². The van der Waals surface area contributed by atoms with Crippen molar-refractivity contribution < 1.29 is 18.3 Å². The first-order valence-corrected chi connectivity index (χ1v) is 7.37. The van der Waals surface area contributed by atoms with Crippen LogP contribution in [-0.4, -0.2) is 22.1 Å². The van der Waals surface area contributed by atoms with E-state index in [1.165, 1.54) is 18.2 Å². The number of amides is 1. The number of aryl methyl sites for hydroxylation is 1. The lowest BCUT2D eigenvalue weighted by Crippen LogP contribution is -2.31. The summed E-state index contributed by atoms with van der Waals surface area (Å²) in [6.45, 7) is -2.92. The lowest BCUT2D eigenvalue weighted by Gasteiger charge is -2.18. The molecule has 0 aliphatic heterocycles. The van der Waals surface area contributed by atoms with Gasteiger partial charge in [0.25, 0.3) is 5.91 Å². The summed E-state index contributed by atoms with van der Waals surface area (Å²) in [5, 5.41) is 2.95. The fourth-order valence-corrected chi connectivity index (χ4v) is 2.54. The molecule has 23 heavy (non-hydrogen) atoms. The SMILES string of the molecule is Cn1ccnc1C(NC(=O)c1cccc(OC(F)F)c1)C1CC1. The van der Waals surface area contributed by atoms with E-state index >= 15 is 0 Å². The number of halogens is 2. The van der Waals surface area contributed by atoms with Crippen molar-refractivity contribution in [2.75, 3.05) is 0 Å². The number of hydrogen-bond donors (Lipinski definition) is 1. The van der Waals surface area contributed by atoms with Crippen LogP contribution in [0.25, 0.3) is 0 Å². The van der Waals surface area contributed by atoms with Crippen molar-refractivity contribution in [2.45, 2.75) is 25.5 Å². The molecule has 122 valence electrons. The molecule has 0 bridgehead atoms. The van der Waals surface area contributed by atoms with Crippen LogP contribution in [0.15, 0.2) is 36.7 Å². The Morgan fingerprint density at radius 1 is 1.43 bits per heavy atom. The lowest BCUT2D eigenvalue weighted by molar-refractivity contribution is -0.0498. The molecule has 1 fully saturated rings. The Morgan fingerprint density at radius 3 is 2.83 bits per heavy atom. The lowest BCUT2D eigenvalue weighted by atomic mass is 10.1. The molecule has 1 atom stereocenters. The average Bonchev–Trinajstić information content (AvgIpc) is 3.26. The summed E-state index contributed by atoms with van der Waals surface area (Å²) in [7, 11) is 1.88. The Bertz CT molecular complexity index is 698. The Morgan fingerprint density at radius 2 is 2.22 bits per heavy atom. The van der Waals surface area contributed by atoms with Crippen LogP contribution in [0.4, 0.5) is 8.78 Å². The van der Waals surface area contributed by atoms with Crippen LogP contribution in [0, 0.1) is 5.92 Å². The highest BCUT2D eigenvalue weighted by molar-refractivity contribution is 5.94. The van der Waals surface area contributed by atoms with Gasteiger partial charge in [-0.15, -0.1) is 0 Å². The van der Waals surface area contributed by atoms with Gasteiger partial charge in [-0.3, -0.25) is 4.79 Å².